The lowest BCUT2D eigenvalue weighted by atomic mass is 10.2. The van der Waals surface area contributed by atoms with Crippen molar-refractivity contribution in [3.05, 3.63) is 41.5 Å². The molecule has 100 valence electrons. The van der Waals surface area contributed by atoms with Crippen molar-refractivity contribution in [2.24, 2.45) is 0 Å². The maximum atomic E-state index is 13.3. The van der Waals surface area contributed by atoms with Gasteiger partial charge in [0.05, 0.1) is 11.4 Å². The van der Waals surface area contributed by atoms with Crippen molar-refractivity contribution in [3.63, 3.8) is 0 Å². The van der Waals surface area contributed by atoms with Crippen LogP contribution in [-0.2, 0) is 6.54 Å². The number of aromatic nitrogens is 2. The number of carbonyl (C=O) groups is 1. The topological polar surface area (TPSA) is 72.9 Å². The smallest absolute Gasteiger partial charge is 0.273 e. The first-order chi connectivity index (χ1) is 9.01. The second-order valence-electron chi connectivity index (χ2n) is 4.18. The SMILES string of the molecule is CCn1nc(C)cc1C(=O)Nc1ccc(N)c(F)c1. The molecule has 19 heavy (non-hydrogen) atoms. The molecule has 0 bridgehead atoms. The van der Waals surface area contributed by atoms with Gasteiger partial charge in [0, 0.05) is 12.2 Å². The lowest BCUT2D eigenvalue weighted by Crippen LogP contribution is -2.17. The van der Waals surface area contributed by atoms with Crippen LogP contribution < -0.4 is 11.1 Å². The number of amides is 1. The highest BCUT2D eigenvalue weighted by Gasteiger charge is 2.13. The fraction of sp³-hybridized carbons (Fsp3) is 0.231. The molecule has 0 aliphatic heterocycles. The first-order valence-corrected chi connectivity index (χ1v) is 5.92. The van der Waals surface area contributed by atoms with Gasteiger partial charge in [-0.3, -0.25) is 9.48 Å². The third-order valence-electron chi connectivity index (χ3n) is 2.69. The lowest BCUT2D eigenvalue weighted by molar-refractivity contribution is 0.101. The number of nitrogens with zero attached hydrogens (tertiary/aromatic N) is 2. The summed E-state index contributed by atoms with van der Waals surface area (Å²) < 4.78 is 14.9. The molecule has 0 unspecified atom stereocenters. The first-order valence-electron chi connectivity index (χ1n) is 5.92. The summed E-state index contributed by atoms with van der Waals surface area (Å²) in [4.78, 5) is 12.1. The fourth-order valence-corrected chi connectivity index (χ4v) is 1.77. The van der Waals surface area contributed by atoms with Crippen molar-refractivity contribution >= 4 is 17.3 Å². The number of halogens is 1. The number of nitrogens with two attached hydrogens (primary N) is 1. The molecule has 0 saturated carbocycles. The summed E-state index contributed by atoms with van der Waals surface area (Å²) in [6, 6.07) is 5.84. The number of aryl methyl sites for hydroxylation is 2. The number of anilines is 2. The van der Waals surface area contributed by atoms with Gasteiger partial charge in [0.2, 0.25) is 0 Å². The maximum Gasteiger partial charge on any atom is 0.273 e. The van der Waals surface area contributed by atoms with Crippen LogP contribution in [0.15, 0.2) is 24.3 Å². The van der Waals surface area contributed by atoms with Gasteiger partial charge >= 0.3 is 0 Å². The standard InChI is InChI=1S/C13H15FN4O/c1-3-18-12(6-8(2)17-18)13(19)16-9-4-5-11(15)10(14)7-9/h4-7H,3,15H2,1-2H3,(H,16,19). The summed E-state index contributed by atoms with van der Waals surface area (Å²) in [5, 5.41) is 6.80. The number of benzene rings is 1. The van der Waals surface area contributed by atoms with Crippen molar-refractivity contribution in [2.75, 3.05) is 11.1 Å². The zero-order chi connectivity index (χ0) is 14.0. The van der Waals surface area contributed by atoms with Crippen LogP contribution in [-0.4, -0.2) is 15.7 Å². The zero-order valence-electron chi connectivity index (χ0n) is 10.8. The Balaban J connectivity index is 2.22. The van der Waals surface area contributed by atoms with Crippen LogP contribution in [0.3, 0.4) is 0 Å². The van der Waals surface area contributed by atoms with Crippen LogP contribution in [0.4, 0.5) is 15.8 Å². The van der Waals surface area contributed by atoms with Gasteiger partial charge in [-0.2, -0.15) is 5.10 Å². The minimum absolute atomic E-state index is 0.0486. The third-order valence-corrected chi connectivity index (χ3v) is 2.69. The number of hydrogen-bond acceptors (Lipinski definition) is 3. The molecule has 6 heteroatoms. The van der Waals surface area contributed by atoms with Gasteiger partial charge in [0.1, 0.15) is 11.5 Å². The van der Waals surface area contributed by atoms with Gasteiger partial charge in [-0.15, -0.1) is 0 Å². The van der Waals surface area contributed by atoms with E-state index in [1.165, 1.54) is 12.1 Å². The van der Waals surface area contributed by atoms with E-state index >= 15 is 0 Å². The van der Waals surface area contributed by atoms with Gasteiger partial charge in [0.15, 0.2) is 0 Å². The normalized spacial score (nSPS) is 10.5. The zero-order valence-corrected chi connectivity index (χ0v) is 10.8. The number of hydrogen-bond donors (Lipinski definition) is 2. The van der Waals surface area contributed by atoms with Crippen molar-refractivity contribution in [1.29, 1.82) is 0 Å². The number of rotatable bonds is 3. The van der Waals surface area contributed by atoms with Gasteiger partial charge < -0.3 is 11.1 Å². The summed E-state index contributed by atoms with van der Waals surface area (Å²) in [7, 11) is 0. The predicted molar refractivity (Wildman–Crippen MR) is 71.4 cm³/mol. The van der Waals surface area contributed by atoms with Crippen molar-refractivity contribution < 1.29 is 9.18 Å². The van der Waals surface area contributed by atoms with E-state index in [0.29, 0.717) is 17.9 Å². The molecule has 0 spiro atoms. The fourth-order valence-electron chi connectivity index (χ4n) is 1.77. The highest BCUT2D eigenvalue weighted by Crippen LogP contribution is 2.17. The van der Waals surface area contributed by atoms with Crippen LogP contribution >= 0.6 is 0 Å². The monoisotopic (exact) mass is 262 g/mol. The molecular weight excluding hydrogens is 247 g/mol. The third kappa shape index (κ3) is 2.73. The van der Waals surface area contributed by atoms with E-state index in [-0.39, 0.29) is 11.6 Å². The van der Waals surface area contributed by atoms with Crippen molar-refractivity contribution in [1.82, 2.24) is 9.78 Å². The highest BCUT2D eigenvalue weighted by atomic mass is 19.1. The highest BCUT2D eigenvalue weighted by molar-refractivity contribution is 6.03. The molecule has 2 aromatic rings. The Morgan fingerprint density at radius 2 is 2.21 bits per heavy atom. The molecule has 0 saturated heterocycles. The largest absolute Gasteiger partial charge is 0.396 e. The molecule has 1 heterocycles. The Labute approximate surface area is 110 Å². The van der Waals surface area contributed by atoms with E-state index in [0.717, 1.165) is 5.69 Å². The van der Waals surface area contributed by atoms with Gasteiger partial charge in [-0.1, -0.05) is 0 Å². The molecule has 0 aliphatic carbocycles. The average Bonchev–Trinajstić information content (AvgIpc) is 2.75. The number of nitrogens with one attached hydrogen (secondary N) is 1. The maximum absolute atomic E-state index is 13.3. The Hall–Kier alpha value is -2.37. The van der Waals surface area contributed by atoms with E-state index in [2.05, 4.69) is 10.4 Å². The minimum Gasteiger partial charge on any atom is -0.396 e. The summed E-state index contributed by atoms with van der Waals surface area (Å²) >= 11 is 0. The molecule has 0 aliphatic rings. The molecule has 0 radical (unpaired) electrons. The quantitative estimate of drug-likeness (QED) is 0.833. The molecule has 1 aromatic heterocycles. The van der Waals surface area contributed by atoms with Gasteiger partial charge in [-0.25, -0.2) is 4.39 Å². The lowest BCUT2D eigenvalue weighted by Gasteiger charge is -2.07. The minimum atomic E-state index is -0.557. The van der Waals surface area contributed by atoms with Crippen molar-refractivity contribution in [2.45, 2.75) is 20.4 Å². The van der Waals surface area contributed by atoms with Crippen LogP contribution in [0.5, 0.6) is 0 Å². The van der Waals surface area contributed by atoms with Gasteiger partial charge in [0.25, 0.3) is 5.91 Å². The number of nitrogen functional groups attached to an aromatic ring is 1. The molecule has 0 fully saturated rings. The second-order valence-corrected chi connectivity index (χ2v) is 4.18. The second kappa shape index (κ2) is 5.09. The molecule has 0 atom stereocenters. The molecule has 1 amide bonds. The number of carbonyl (C=O) groups excluding carboxylic acids is 1. The summed E-state index contributed by atoms with van der Waals surface area (Å²) in [5.74, 6) is -0.885. The van der Waals surface area contributed by atoms with Crippen LogP contribution in [0.2, 0.25) is 0 Å². The Kier molecular flexibility index (Phi) is 3.50. The summed E-state index contributed by atoms with van der Waals surface area (Å²) in [6.45, 7) is 4.30. The summed E-state index contributed by atoms with van der Waals surface area (Å²) in [6.07, 6.45) is 0. The van der Waals surface area contributed by atoms with Crippen molar-refractivity contribution in [3.8, 4) is 0 Å². The summed E-state index contributed by atoms with van der Waals surface area (Å²) in [5.41, 5.74) is 6.99. The Bertz CT molecular complexity index is 621. The van der Waals surface area contributed by atoms with Gasteiger partial charge in [-0.05, 0) is 38.1 Å². The van der Waals surface area contributed by atoms with Crippen LogP contribution in [0.25, 0.3) is 0 Å². The van der Waals surface area contributed by atoms with E-state index in [1.54, 1.807) is 16.8 Å². The Morgan fingerprint density at radius 1 is 1.47 bits per heavy atom. The first kappa shape index (κ1) is 13.1. The van der Waals surface area contributed by atoms with Crippen LogP contribution in [0.1, 0.15) is 23.1 Å². The van der Waals surface area contributed by atoms with E-state index in [4.69, 9.17) is 5.73 Å². The molecular formula is C13H15FN4O. The average molecular weight is 262 g/mol. The van der Waals surface area contributed by atoms with E-state index in [9.17, 15) is 9.18 Å². The van der Waals surface area contributed by atoms with E-state index < -0.39 is 5.82 Å². The molecule has 5 nitrogen and oxygen atoms in total. The molecule has 3 N–H and O–H groups in total. The van der Waals surface area contributed by atoms with E-state index in [1.807, 2.05) is 13.8 Å². The van der Waals surface area contributed by atoms with Crippen LogP contribution in [0, 0.1) is 12.7 Å². The predicted octanol–water partition coefficient (Wildman–Crippen LogP) is 2.19. The Morgan fingerprint density at radius 3 is 2.84 bits per heavy atom. The molecule has 2 rings (SSSR count). The molecule has 1 aromatic carbocycles.